The second-order valence-electron chi connectivity index (χ2n) is 4.24. The predicted molar refractivity (Wildman–Crippen MR) is 69.9 cm³/mol. The molecule has 16 heavy (non-hydrogen) atoms. The predicted octanol–water partition coefficient (Wildman–Crippen LogP) is 1.56. The van der Waals surface area contributed by atoms with E-state index in [1.165, 1.54) is 5.69 Å². The molecule has 1 aliphatic heterocycles. The number of piperazine rings is 1. The van der Waals surface area contributed by atoms with Crippen molar-refractivity contribution in [2.75, 3.05) is 38.2 Å². The molecule has 2 rings (SSSR count). The maximum Gasteiger partial charge on any atom is 0.0604 e. The van der Waals surface area contributed by atoms with Crippen LogP contribution in [0.4, 0.5) is 5.69 Å². The average molecular weight is 285 g/mol. The first kappa shape index (κ1) is 11.9. The maximum absolute atomic E-state index is 9.29. The van der Waals surface area contributed by atoms with Crippen LogP contribution in [-0.2, 0) is 0 Å². The van der Waals surface area contributed by atoms with Crippen molar-refractivity contribution >= 4 is 21.6 Å². The lowest BCUT2D eigenvalue weighted by molar-refractivity contribution is 0.135. The van der Waals surface area contributed by atoms with Crippen LogP contribution in [0.5, 0.6) is 0 Å². The SMILES string of the molecule is CN1CCN(c2ccc(Br)cc2)CC1CO. The molecule has 1 unspecified atom stereocenters. The number of anilines is 1. The Morgan fingerprint density at radius 1 is 1.31 bits per heavy atom. The quantitative estimate of drug-likeness (QED) is 0.893. The fraction of sp³-hybridized carbons (Fsp3) is 0.500. The number of halogens is 1. The largest absolute Gasteiger partial charge is 0.395 e. The first-order valence-electron chi connectivity index (χ1n) is 5.52. The highest BCUT2D eigenvalue weighted by Crippen LogP contribution is 2.21. The maximum atomic E-state index is 9.29. The van der Waals surface area contributed by atoms with Gasteiger partial charge in [-0.25, -0.2) is 0 Å². The third kappa shape index (κ3) is 2.56. The summed E-state index contributed by atoms with van der Waals surface area (Å²) in [4.78, 5) is 4.54. The molecule has 4 heteroatoms. The van der Waals surface area contributed by atoms with E-state index in [1.54, 1.807) is 0 Å². The first-order valence-corrected chi connectivity index (χ1v) is 6.31. The van der Waals surface area contributed by atoms with Gasteiger partial charge in [0.15, 0.2) is 0 Å². The van der Waals surface area contributed by atoms with Crippen molar-refractivity contribution in [1.29, 1.82) is 0 Å². The minimum Gasteiger partial charge on any atom is -0.395 e. The molecular formula is C12H17BrN2O. The molecule has 0 saturated carbocycles. The summed E-state index contributed by atoms with van der Waals surface area (Å²) in [5, 5.41) is 9.29. The number of rotatable bonds is 2. The molecule has 0 amide bonds. The number of aliphatic hydroxyl groups excluding tert-OH is 1. The molecule has 3 nitrogen and oxygen atoms in total. The van der Waals surface area contributed by atoms with Gasteiger partial charge in [0.2, 0.25) is 0 Å². The second kappa shape index (κ2) is 5.17. The lowest BCUT2D eigenvalue weighted by atomic mass is 10.1. The van der Waals surface area contributed by atoms with E-state index in [1.807, 2.05) is 0 Å². The molecule has 88 valence electrons. The number of hydrogen-bond donors (Lipinski definition) is 1. The Balaban J connectivity index is 2.08. The second-order valence-corrected chi connectivity index (χ2v) is 5.16. The zero-order valence-electron chi connectivity index (χ0n) is 9.43. The Labute approximate surface area is 105 Å². The van der Waals surface area contributed by atoms with E-state index in [4.69, 9.17) is 0 Å². The van der Waals surface area contributed by atoms with Gasteiger partial charge in [-0.2, -0.15) is 0 Å². The summed E-state index contributed by atoms with van der Waals surface area (Å²) in [6, 6.07) is 8.59. The minimum absolute atomic E-state index is 0.226. The molecule has 1 aliphatic rings. The summed E-state index contributed by atoms with van der Waals surface area (Å²) >= 11 is 3.44. The third-order valence-corrected chi connectivity index (χ3v) is 3.71. The van der Waals surface area contributed by atoms with E-state index in [0.717, 1.165) is 24.1 Å². The molecule has 0 aliphatic carbocycles. The van der Waals surface area contributed by atoms with Crippen molar-refractivity contribution < 1.29 is 5.11 Å². The first-order chi connectivity index (χ1) is 7.70. The highest BCUT2D eigenvalue weighted by Gasteiger charge is 2.23. The summed E-state index contributed by atoms with van der Waals surface area (Å²) in [5.41, 5.74) is 1.23. The van der Waals surface area contributed by atoms with Crippen LogP contribution >= 0.6 is 15.9 Å². The highest BCUT2D eigenvalue weighted by atomic mass is 79.9. The molecule has 0 radical (unpaired) electrons. The fourth-order valence-electron chi connectivity index (χ4n) is 2.03. The van der Waals surface area contributed by atoms with Gasteiger partial charge in [0, 0.05) is 29.8 Å². The topological polar surface area (TPSA) is 26.7 Å². The summed E-state index contributed by atoms with van der Waals surface area (Å²) < 4.78 is 1.10. The van der Waals surface area contributed by atoms with E-state index in [0.29, 0.717) is 0 Å². The van der Waals surface area contributed by atoms with Gasteiger partial charge < -0.3 is 10.0 Å². The summed E-state index contributed by atoms with van der Waals surface area (Å²) in [6.45, 7) is 3.15. The molecule has 1 aromatic carbocycles. The number of benzene rings is 1. The van der Waals surface area contributed by atoms with Crippen molar-refractivity contribution in [2.24, 2.45) is 0 Å². The van der Waals surface area contributed by atoms with E-state index in [2.05, 4.69) is 57.0 Å². The minimum atomic E-state index is 0.226. The van der Waals surface area contributed by atoms with Gasteiger partial charge in [-0.3, -0.25) is 4.90 Å². The molecular weight excluding hydrogens is 268 g/mol. The van der Waals surface area contributed by atoms with Crippen LogP contribution in [0.2, 0.25) is 0 Å². The van der Waals surface area contributed by atoms with Crippen molar-refractivity contribution in [3.63, 3.8) is 0 Å². The molecule has 1 aromatic rings. The molecule has 1 saturated heterocycles. The van der Waals surface area contributed by atoms with Gasteiger partial charge in [-0.05, 0) is 31.3 Å². The van der Waals surface area contributed by atoms with Crippen LogP contribution in [-0.4, -0.2) is 49.3 Å². The van der Waals surface area contributed by atoms with Crippen molar-refractivity contribution in [1.82, 2.24) is 4.90 Å². The van der Waals surface area contributed by atoms with Crippen LogP contribution in [0.1, 0.15) is 0 Å². The highest BCUT2D eigenvalue weighted by molar-refractivity contribution is 9.10. The zero-order chi connectivity index (χ0) is 11.5. The van der Waals surface area contributed by atoms with Crippen LogP contribution in [0.15, 0.2) is 28.7 Å². The molecule has 1 atom stereocenters. The Morgan fingerprint density at radius 3 is 2.62 bits per heavy atom. The number of aliphatic hydroxyl groups is 1. The number of likely N-dealkylation sites (N-methyl/N-ethyl adjacent to an activating group) is 1. The van der Waals surface area contributed by atoms with Crippen LogP contribution in [0.3, 0.4) is 0 Å². The normalized spacial score (nSPS) is 22.4. The molecule has 0 spiro atoms. The lowest BCUT2D eigenvalue weighted by Crippen LogP contribution is -2.53. The standard InChI is InChI=1S/C12H17BrN2O/c1-14-6-7-15(8-12(14)9-16)11-4-2-10(13)3-5-11/h2-5,12,16H,6-9H2,1H3. The molecule has 0 bridgehead atoms. The monoisotopic (exact) mass is 284 g/mol. The summed E-state index contributed by atoms with van der Waals surface area (Å²) in [5.74, 6) is 0. The van der Waals surface area contributed by atoms with Crippen LogP contribution in [0.25, 0.3) is 0 Å². The molecule has 1 N–H and O–H groups in total. The van der Waals surface area contributed by atoms with Gasteiger partial charge in [-0.15, -0.1) is 0 Å². The molecule has 0 aromatic heterocycles. The number of hydrogen-bond acceptors (Lipinski definition) is 3. The van der Waals surface area contributed by atoms with Crippen LogP contribution < -0.4 is 4.90 Å². The molecule has 1 heterocycles. The van der Waals surface area contributed by atoms with Crippen molar-refractivity contribution in [3.05, 3.63) is 28.7 Å². The summed E-state index contributed by atoms with van der Waals surface area (Å²) in [6.07, 6.45) is 0. The van der Waals surface area contributed by atoms with E-state index >= 15 is 0 Å². The smallest absolute Gasteiger partial charge is 0.0604 e. The van der Waals surface area contributed by atoms with Crippen molar-refractivity contribution in [2.45, 2.75) is 6.04 Å². The molecule has 1 fully saturated rings. The Hall–Kier alpha value is -0.580. The van der Waals surface area contributed by atoms with Crippen LogP contribution in [0, 0.1) is 0 Å². The zero-order valence-corrected chi connectivity index (χ0v) is 11.0. The Kier molecular flexibility index (Phi) is 3.84. The van der Waals surface area contributed by atoms with E-state index in [9.17, 15) is 5.11 Å². The van der Waals surface area contributed by atoms with Gasteiger partial charge in [-0.1, -0.05) is 15.9 Å². The Bertz CT molecular complexity index is 341. The van der Waals surface area contributed by atoms with Gasteiger partial charge >= 0.3 is 0 Å². The third-order valence-electron chi connectivity index (χ3n) is 3.18. The van der Waals surface area contributed by atoms with Gasteiger partial charge in [0.25, 0.3) is 0 Å². The number of nitrogens with zero attached hydrogens (tertiary/aromatic N) is 2. The van der Waals surface area contributed by atoms with Gasteiger partial charge in [0.05, 0.1) is 12.6 Å². The lowest BCUT2D eigenvalue weighted by Gasteiger charge is -2.39. The van der Waals surface area contributed by atoms with E-state index < -0.39 is 0 Å². The Morgan fingerprint density at radius 2 is 2.00 bits per heavy atom. The van der Waals surface area contributed by atoms with Gasteiger partial charge in [0.1, 0.15) is 0 Å². The fourth-order valence-corrected chi connectivity index (χ4v) is 2.29. The summed E-state index contributed by atoms with van der Waals surface area (Å²) in [7, 11) is 2.07. The van der Waals surface area contributed by atoms with E-state index in [-0.39, 0.29) is 12.6 Å². The van der Waals surface area contributed by atoms with Crippen molar-refractivity contribution in [3.8, 4) is 0 Å². The average Bonchev–Trinajstić information content (AvgIpc) is 2.31.